The zero-order valence-corrected chi connectivity index (χ0v) is 14.7. The Balaban J connectivity index is 2.08. The lowest BCUT2D eigenvalue weighted by Crippen LogP contribution is -2.17. The number of nitrogens with zero attached hydrogens (tertiary/aromatic N) is 1. The zero-order chi connectivity index (χ0) is 16.8. The number of rotatable bonds is 5. The molecule has 0 saturated heterocycles. The second-order valence-electron chi connectivity index (χ2n) is 4.45. The fourth-order valence-electron chi connectivity index (χ4n) is 1.84. The van der Waals surface area contributed by atoms with Crippen LogP contribution >= 0.6 is 22.6 Å². The number of methoxy groups -OCH3 is 2. The molecule has 0 spiro atoms. The highest BCUT2D eigenvalue weighted by Crippen LogP contribution is 2.28. The predicted molar refractivity (Wildman–Crippen MR) is 95.4 cm³/mol. The van der Waals surface area contributed by atoms with Gasteiger partial charge in [-0.05, 0) is 52.9 Å². The average molecular weight is 426 g/mol. The van der Waals surface area contributed by atoms with Gasteiger partial charge in [-0.2, -0.15) is 5.10 Å². The molecule has 0 bridgehead atoms. The summed E-state index contributed by atoms with van der Waals surface area (Å²) < 4.78 is 11.0. The van der Waals surface area contributed by atoms with Gasteiger partial charge in [-0.3, -0.25) is 4.79 Å². The molecule has 0 saturated carbocycles. The number of halogens is 1. The van der Waals surface area contributed by atoms with Gasteiger partial charge in [-0.15, -0.1) is 0 Å². The van der Waals surface area contributed by atoms with Gasteiger partial charge in [-0.25, -0.2) is 5.43 Å². The maximum absolute atomic E-state index is 12.0. The second kappa shape index (κ2) is 7.82. The van der Waals surface area contributed by atoms with Crippen LogP contribution in [0.5, 0.6) is 17.2 Å². The van der Waals surface area contributed by atoms with Crippen LogP contribution in [-0.4, -0.2) is 31.4 Å². The van der Waals surface area contributed by atoms with Crippen LogP contribution in [0.25, 0.3) is 0 Å². The minimum atomic E-state index is -0.357. The molecule has 0 unspecified atom stereocenters. The Morgan fingerprint density at radius 2 is 1.96 bits per heavy atom. The minimum Gasteiger partial charge on any atom is -0.504 e. The van der Waals surface area contributed by atoms with E-state index < -0.39 is 0 Å². The summed E-state index contributed by atoms with van der Waals surface area (Å²) in [5, 5.41) is 13.8. The lowest BCUT2D eigenvalue weighted by Gasteiger charge is -2.06. The molecule has 0 fully saturated rings. The van der Waals surface area contributed by atoms with Gasteiger partial charge < -0.3 is 14.6 Å². The van der Waals surface area contributed by atoms with Crippen LogP contribution in [0.15, 0.2) is 41.5 Å². The Hall–Kier alpha value is -2.29. The van der Waals surface area contributed by atoms with Crippen molar-refractivity contribution in [2.24, 2.45) is 5.10 Å². The first-order valence-electron chi connectivity index (χ1n) is 6.59. The molecular formula is C16H15IN2O4. The summed E-state index contributed by atoms with van der Waals surface area (Å²) in [6.45, 7) is 0. The van der Waals surface area contributed by atoms with E-state index in [4.69, 9.17) is 9.47 Å². The van der Waals surface area contributed by atoms with E-state index in [0.29, 0.717) is 22.6 Å². The Morgan fingerprint density at radius 1 is 1.22 bits per heavy atom. The Kier molecular flexibility index (Phi) is 5.80. The number of amides is 1. The van der Waals surface area contributed by atoms with E-state index in [2.05, 4.69) is 33.1 Å². The summed E-state index contributed by atoms with van der Waals surface area (Å²) in [6.07, 6.45) is 1.35. The number of hydrogen-bond donors (Lipinski definition) is 2. The van der Waals surface area contributed by atoms with Crippen molar-refractivity contribution in [1.29, 1.82) is 0 Å². The summed E-state index contributed by atoms with van der Waals surface area (Å²) in [6, 6.07) is 10.1. The molecule has 7 heteroatoms. The van der Waals surface area contributed by atoms with Crippen molar-refractivity contribution in [3.05, 3.63) is 51.1 Å². The fourth-order valence-corrected chi connectivity index (χ4v) is 2.58. The minimum absolute atomic E-state index is 0.0352. The smallest absolute Gasteiger partial charge is 0.271 e. The van der Waals surface area contributed by atoms with E-state index in [-0.39, 0.29) is 11.7 Å². The Bertz CT molecular complexity index is 747. The van der Waals surface area contributed by atoms with Crippen LogP contribution in [0.3, 0.4) is 0 Å². The molecule has 0 aliphatic heterocycles. The van der Waals surface area contributed by atoms with E-state index in [1.54, 1.807) is 43.5 Å². The second-order valence-corrected chi connectivity index (χ2v) is 5.61. The first-order valence-corrected chi connectivity index (χ1v) is 7.67. The molecule has 2 rings (SSSR count). The molecule has 23 heavy (non-hydrogen) atoms. The van der Waals surface area contributed by atoms with Crippen molar-refractivity contribution < 1.29 is 19.4 Å². The van der Waals surface area contributed by atoms with E-state index in [9.17, 15) is 9.90 Å². The molecule has 0 aromatic heterocycles. The number of phenolic OH excluding ortho intramolecular Hbond substituents is 1. The molecule has 2 N–H and O–H groups in total. The first kappa shape index (κ1) is 17.1. The monoisotopic (exact) mass is 426 g/mol. The van der Waals surface area contributed by atoms with Crippen LogP contribution in [0.1, 0.15) is 15.9 Å². The largest absolute Gasteiger partial charge is 0.504 e. The van der Waals surface area contributed by atoms with Crippen molar-refractivity contribution >= 4 is 34.7 Å². The molecule has 0 aliphatic rings. The normalized spacial score (nSPS) is 10.6. The van der Waals surface area contributed by atoms with Crippen molar-refractivity contribution in [3.63, 3.8) is 0 Å². The number of nitrogens with one attached hydrogen (secondary N) is 1. The third-order valence-electron chi connectivity index (χ3n) is 3.03. The van der Waals surface area contributed by atoms with E-state index >= 15 is 0 Å². The number of carbonyl (C=O) groups is 1. The highest BCUT2D eigenvalue weighted by molar-refractivity contribution is 14.1. The summed E-state index contributed by atoms with van der Waals surface area (Å²) in [5.74, 6) is 0.646. The topological polar surface area (TPSA) is 80.2 Å². The van der Waals surface area contributed by atoms with Crippen molar-refractivity contribution in [1.82, 2.24) is 5.43 Å². The number of aromatic hydroxyl groups is 1. The van der Waals surface area contributed by atoms with Gasteiger partial charge in [0.15, 0.2) is 11.5 Å². The number of ether oxygens (including phenoxy) is 2. The summed E-state index contributed by atoms with van der Waals surface area (Å²) in [7, 11) is 3.03. The highest BCUT2D eigenvalue weighted by atomic mass is 127. The van der Waals surface area contributed by atoms with Crippen LogP contribution < -0.4 is 14.9 Å². The standard InChI is InChI=1S/C16H15IN2O4/c1-22-13-7-6-10(8-12(13)17)16(21)19-18-9-11-4-3-5-14(23-2)15(11)20/h3-9,20H,1-2H3,(H,19,21)/b18-9-. The third kappa shape index (κ3) is 4.13. The summed E-state index contributed by atoms with van der Waals surface area (Å²) in [4.78, 5) is 12.0. The van der Waals surface area contributed by atoms with Crippen LogP contribution in [0, 0.1) is 3.57 Å². The van der Waals surface area contributed by atoms with Crippen molar-refractivity contribution in [2.45, 2.75) is 0 Å². The lowest BCUT2D eigenvalue weighted by molar-refractivity contribution is 0.0955. The van der Waals surface area contributed by atoms with Gasteiger partial charge in [0.2, 0.25) is 0 Å². The molecule has 120 valence electrons. The number of hydrogen-bond acceptors (Lipinski definition) is 5. The van der Waals surface area contributed by atoms with E-state index in [1.807, 2.05) is 0 Å². The van der Waals surface area contributed by atoms with Gasteiger partial charge in [0.05, 0.1) is 24.0 Å². The molecule has 6 nitrogen and oxygen atoms in total. The number of hydrazone groups is 1. The number of phenols is 1. The molecule has 0 radical (unpaired) electrons. The van der Waals surface area contributed by atoms with Gasteiger partial charge in [0, 0.05) is 11.1 Å². The number of para-hydroxylation sites is 1. The van der Waals surface area contributed by atoms with Crippen LogP contribution in [0.4, 0.5) is 0 Å². The van der Waals surface area contributed by atoms with Crippen LogP contribution in [-0.2, 0) is 0 Å². The first-order chi connectivity index (χ1) is 11.1. The SMILES string of the molecule is COc1ccc(C(=O)N/N=C\c2cccc(OC)c2O)cc1I. The maximum Gasteiger partial charge on any atom is 0.271 e. The molecule has 0 aliphatic carbocycles. The van der Waals surface area contributed by atoms with E-state index in [1.165, 1.54) is 13.3 Å². The lowest BCUT2D eigenvalue weighted by atomic mass is 10.2. The Morgan fingerprint density at radius 3 is 2.61 bits per heavy atom. The van der Waals surface area contributed by atoms with Gasteiger partial charge in [0.25, 0.3) is 5.91 Å². The summed E-state index contributed by atoms with van der Waals surface area (Å²) in [5.41, 5.74) is 3.31. The zero-order valence-electron chi connectivity index (χ0n) is 12.5. The third-order valence-corrected chi connectivity index (χ3v) is 3.88. The molecule has 1 amide bonds. The molecule has 0 heterocycles. The van der Waals surface area contributed by atoms with Gasteiger partial charge in [-0.1, -0.05) is 6.07 Å². The molecule has 0 atom stereocenters. The summed E-state index contributed by atoms with van der Waals surface area (Å²) >= 11 is 2.09. The quantitative estimate of drug-likeness (QED) is 0.438. The average Bonchev–Trinajstić information content (AvgIpc) is 2.56. The maximum atomic E-state index is 12.0. The van der Waals surface area contributed by atoms with E-state index in [0.717, 1.165) is 3.57 Å². The van der Waals surface area contributed by atoms with Crippen LogP contribution in [0.2, 0.25) is 0 Å². The number of carbonyl (C=O) groups excluding carboxylic acids is 1. The van der Waals surface area contributed by atoms with Gasteiger partial charge in [0.1, 0.15) is 5.75 Å². The fraction of sp³-hybridized carbons (Fsp3) is 0.125. The number of benzene rings is 2. The highest BCUT2D eigenvalue weighted by Gasteiger charge is 2.08. The molecule has 2 aromatic rings. The van der Waals surface area contributed by atoms with Crippen molar-refractivity contribution in [3.8, 4) is 17.2 Å². The van der Waals surface area contributed by atoms with Crippen molar-refractivity contribution in [2.75, 3.05) is 14.2 Å². The molecule has 2 aromatic carbocycles. The molecular weight excluding hydrogens is 411 g/mol. The van der Waals surface area contributed by atoms with Gasteiger partial charge >= 0.3 is 0 Å². The predicted octanol–water partition coefficient (Wildman–Crippen LogP) is 2.78. The Labute approximate surface area is 147 Å².